The molecule has 0 heterocycles. The van der Waals surface area contributed by atoms with Crippen LogP contribution in [0.2, 0.25) is 0 Å². The van der Waals surface area contributed by atoms with E-state index in [-0.39, 0.29) is 0 Å². The summed E-state index contributed by atoms with van der Waals surface area (Å²) in [6.07, 6.45) is 0. The van der Waals surface area contributed by atoms with Crippen molar-refractivity contribution >= 4 is 33.4 Å². The molecule has 0 N–H and O–H groups in total. The van der Waals surface area contributed by atoms with Crippen LogP contribution in [0.3, 0.4) is 0 Å². The first-order valence-electron chi connectivity index (χ1n) is 8.67. The van der Waals surface area contributed by atoms with Crippen LogP contribution in [-0.2, 0) is 6.61 Å². The van der Waals surface area contributed by atoms with Crippen molar-refractivity contribution in [1.29, 1.82) is 0 Å². The van der Waals surface area contributed by atoms with Gasteiger partial charge in [-0.1, -0.05) is 78.4 Å². The summed E-state index contributed by atoms with van der Waals surface area (Å²) in [6, 6.07) is 29.6. The van der Waals surface area contributed by atoms with E-state index in [4.69, 9.17) is 4.74 Å². The second-order valence-corrected chi connectivity index (χ2v) is 7.58. The minimum absolute atomic E-state index is 0.574. The number of hydrogen-bond acceptors (Lipinski definition) is 1. The molecule has 0 radical (unpaired) electrons. The van der Waals surface area contributed by atoms with Gasteiger partial charge in [-0.2, -0.15) is 0 Å². The van der Waals surface area contributed by atoms with Crippen LogP contribution in [-0.4, -0.2) is 0 Å². The fourth-order valence-electron chi connectivity index (χ4n) is 3.23. The van der Waals surface area contributed by atoms with Gasteiger partial charge < -0.3 is 4.74 Å². The minimum Gasteiger partial charge on any atom is -0.488 e. The lowest BCUT2D eigenvalue weighted by Crippen LogP contribution is -1.98. The van der Waals surface area contributed by atoms with Gasteiger partial charge in [-0.05, 0) is 58.2 Å². The lowest BCUT2D eigenvalue weighted by molar-refractivity contribution is 0.310. The lowest BCUT2D eigenvalue weighted by Gasteiger charge is -2.16. The average molecular weight is 450 g/mol. The molecule has 1 nitrogen and oxygen atoms in total. The maximum atomic E-state index is 6.23. The minimum atomic E-state index is 0.574. The van der Waals surface area contributed by atoms with Crippen molar-refractivity contribution in [2.75, 3.05) is 0 Å². The standard InChI is InChI=1S/C24H19IO/c1-17-12-13-20-21(14-17)23(26-16-18-8-4-2-5-9-18)15-22(25)24(20)19-10-6-3-7-11-19/h2-15H,16H2,1H3. The summed E-state index contributed by atoms with van der Waals surface area (Å²) in [5, 5.41) is 2.40. The predicted molar refractivity (Wildman–Crippen MR) is 118 cm³/mol. The van der Waals surface area contributed by atoms with Crippen LogP contribution >= 0.6 is 22.6 Å². The zero-order valence-corrected chi connectivity index (χ0v) is 16.7. The van der Waals surface area contributed by atoms with E-state index in [1.54, 1.807) is 0 Å². The van der Waals surface area contributed by atoms with Gasteiger partial charge in [0.25, 0.3) is 0 Å². The Morgan fingerprint density at radius 2 is 1.46 bits per heavy atom. The number of halogens is 1. The molecule has 0 aliphatic carbocycles. The van der Waals surface area contributed by atoms with Crippen LogP contribution in [0.25, 0.3) is 21.9 Å². The molecule has 26 heavy (non-hydrogen) atoms. The molecule has 0 bridgehead atoms. The fourth-order valence-corrected chi connectivity index (χ4v) is 4.11. The molecule has 128 valence electrons. The van der Waals surface area contributed by atoms with Gasteiger partial charge in [0.2, 0.25) is 0 Å². The summed E-state index contributed by atoms with van der Waals surface area (Å²) in [6.45, 7) is 2.70. The largest absolute Gasteiger partial charge is 0.488 e. The molecule has 0 saturated carbocycles. The smallest absolute Gasteiger partial charge is 0.128 e. The van der Waals surface area contributed by atoms with Gasteiger partial charge in [0.05, 0.1) is 0 Å². The molecule has 4 aromatic rings. The van der Waals surface area contributed by atoms with Crippen molar-refractivity contribution in [3.8, 4) is 16.9 Å². The molecule has 0 fully saturated rings. The average Bonchev–Trinajstić information content (AvgIpc) is 2.68. The molecule has 2 heteroatoms. The van der Waals surface area contributed by atoms with Crippen LogP contribution in [0.5, 0.6) is 5.75 Å². The van der Waals surface area contributed by atoms with Gasteiger partial charge in [-0.25, -0.2) is 0 Å². The van der Waals surface area contributed by atoms with Crippen LogP contribution < -0.4 is 4.74 Å². The summed E-state index contributed by atoms with van der Waals surface area (Å²) >= 11 is 2.42. The van der Waals surface area contributed by atoms with Gasteiger partial charge in [0, 0.05) is 14.5 Å². The second kappa shape index (κ2) is 7.50. The highest BCUT2D eigenvalue weighted by molar-refractivity contribution is 14.1. The van der Waals surface area contributed by atoms with E-state index >= 15 is 0 Å². The summed E-state index contributed by atoms with van der Waals surface area (Å²) < 4.78 is 7.43. The zero-order valence-electron chi connectivity index (χ0n) is 14.6. The van der Waals surface area contributed by atoms with Crippen molar-refractivity contribution in [2.45, 2.75) is 13.5 Å². The van der Waals surface area contributed by atoms with Gasteiger partial charge in [-0.3, -0.25) is 0 Å². The number of benzene rings is 4. The maximum absolute atomic E-state index is 6.23. The molecule has 0 aliphatic rings. The molecular weight excluding hydrogens is 431 g/mol. The first-order chi connectivity index (χ1) is 12.7. The normalized spacial score (nSPS) is 10.8. The quantitative estimate of drug-likeness (QED) is 0.304. The maximum Gasteiger partial charge on any atom is 0.128 e. The molecule has 0 saturated heterocycles. The summed E-state index contributed by atoms with van der Waals surface area (Å²) in [5.74, 6) is 0.941. The number of aryl methyl sites for hydroxylation is 1. The Morgan fingerprint density at radius 1 is 0.769 bits per heavy atom. The number of ether oxygens (including phenoxy) is 1. The number of fused-ring (bicyclic) bond motifs is 1. The molecule has 0 spiro atoms. The van der Waals surface area contributed by atoms with E-state index in [1.807, 2.05) is 18.2 Å². The SMILES string of the molecule is Cc1ccc2c(-c3ccccc3)c(I)cc(OCc3ccccc3)c2c1. The first-order valence-corrected chi connectivity index (χ1v) is 9.75. The molecule has 0 atom stereocenters. The van der Waals surface area contributed by atoms with E-state index in [2.05, 4.69) is 96.2 Å². The summed E-state index contributed by atoms with van der Waals surface area (Å²) in [7, 11) is 0. The Balaban J connectivity index is 1.83. The molecule has 4 aromatic carbocycles. The predicted octanol–water partition coefficient (Wildman–Crippen LogP) is 7.00. The third-order valence-electron chi connectivity index (χ3n) is 4.51. The van der Waals surface area contributed by atoms with Crippen molar-refractivity contribution in [2.24, 2.45) is 0 Å². The zero-order chi connectivity index (χ0) is 17.9. The van der Waals surface area contributed by atoms with E-state index in [0.29, 0.717) is 6.61 Å². The van der Waals surface area contributed by atoms with Gasteiger partial charge in [0.15, 0.2) is 0 Å². The Hall–Kier alpha value is -2.33. The topological polar surface area (TPSA) is 9.23 Å². The van der Waals surface area contributed by atoms with Gasteiger partial charge in [-0.15, -0.1) is 0 Å². The number of rotatable bonds is 4. The van der Waals surface area contributed by atoms with E-state index in [1.165, 1.54) is 36.6 Å². The highest BCUT2D eigenvalue weighted by Gasteiger charge is 2.13. The third kappa shape index (κ3) is 3.47. The number of hydrogen-bond donors (Lipinski definition) is 0. The molecule has 4 rings (SSSR count). The van der Waals surface area contributed by atoms with E-state index in [9.17, 15) is 0 Å². The molecular formula is C24H19IO. The third-order valence-corrected chi connectivity index (χ3v) is 5.36. The Morgan fingerprint density at radius 3 is 2.19 bits per heavy atom. The second-order valence-electron chi connectivity index (χ2n) is 6.42. The first kappa shape index (κ1) is 17.1. The van der Waals surface area contributed by atoms with Gasteiger partial charge >= 0.3 is 0 Å². The van der Waals surface area contributed by atoms with Crippen LogP contribution in [0.1, 0.15) is 11.1 Å². The van der Waals surface area contributed by atoms with E-state index in [0.717, 1.165) is 5.75 Å². The highest BCUT2D eigenvalue weighted by atomic mass is 127. The van der Waals surface area contributed by atoms with Crippen LogP contribution in [0, 0.1) is 10.5 Å². The summed E-state index contributed by atoms with van der Waals surface area (Å²) in [4.78, 5) is 0. The Bertz CT molecular complexity index is 1040. The van der Waals surface area contributed by atoms with Crippen molar-refractivity contribution in [3.05, 3.63) is 99.6 Å². The molecule has 0 unspecified atom stereocenters. The summed E-state index contributed by atoms with van der Waals surface area (Å²) in [5.41, 5.74) is 4.92. The Labute approximate surface area is 167 Å². The molecule has 0 aliphatic heterocycles. The fraction of sp³-hybridized carbons (Fsp3) is 0.0833. The molecule has 0 aromatic heterocycles. The van der Waals surface area contributed by atoms with E-state index < -0.39 is 0 Å². The lowest BCUT2D eigenvalue weighted by atomic mass is 9.96. The highest BCUT2D eigenvalue weighted by Crippen LogP contribution is 2.39. The van der Waals surface area contributed by atoms with Crippen LogP contribution in [0.15, 0.2) is 84.9 Å². The monoisotopic (exact) mass is 450 g/mol. The molecule has 0 amide bonds. The Kier molecular flexibility index (Phi) is 4.93. The van der Waals surface area contributed by atoms with Gasteiger partial charge in [0.1, 0.15) is 12.4 Å². The van der Waals surface area contributed by atoms with Crippen molar-refractivity contribution in [3.63, 3.8) is 0 Å². The van der Waals surface area contributed by atoms with Crippen LogP contribution in [0.4, 0.5) is 0 Å². The van der Waals surface area contributed by atoms with Crippen molar-refractivity contribution in [1.82, 2.24) is 0 Å². The van der Waals surface area contributed by atoms with Crippen molar-refractivity contribution < 1.29 is 4.74 Å².